The van der Waals surface area contributed by atoms with Crippen LogP contribution in [0.4, 0.5) is 0 Å². The van der Waals surface area contributed by atoms with Gasteiger partial charge < -0.3 is 4.90 Å². The van der Waals surface area contributed by atoms with Gasteiger partial charge >= 0.3 is 0 Å². The number of aliphatic imine (C=N–C) groups is 1. The summed E-state index contributed by atoms with van der Waals surface area (Å²) in [5.41, 5.74) is 0.316. The van der Waals surface area contributed by atoms with E-state index in [1.165, 1.54) is 24.0 Å². The molecule has 3 nitrogen and oxygen atoms in total. The molecule has 0 unspecified atom stereocenters. The number of piperazine rings is 1. The molecule has 0 aromatic heterocycles. The van der Waals surface area contributed by atoms with Crippen molar-refractivity contribution in [1.82, 2.24) is 9.80 Å². The summed E-state index contributed by atoms with van der Waals surface area (Å²) in [4.78, 5) is 9.54. The van der Waals surface area contributed by atoms with Crippen molar-refractivity contribution >= 4 is 16.9 Å². The van der Waals surface area contributed by atoms with Crippen LogP contribution in [-0.2, 0) is 0 Å². The van der Waals surface area contributed by atoms with Crippen molar-refractivity contribution in [2.24, 2.45) is 4.99 Å². The molecule has 1 saturated heterocycles. The molecule has 4 heteroatoms. The summed E-state index contributed by atoms with van der Waals surface area (Å²) in [5, 5.41) is 1.28. The molecule has 0 aliphatic carbocycles. The summed E-state index contributed by atoms with van der Waals surface area (Å²) in [6.45, 7) is 12.5. The van der Waals surface area contributed by atoms with Crippen LogP contribution in [0.2, 0.25) is 0 Å². The summed E-state index contributed by atoms with van der Waals surface area (Å²) < 4.78 is 0. The third kappa shape index (κ3) is 2.67. The lowest BCUT2D eigenvalue weighted by atomic mass is 10.1. The van der Waals surface area contributed by atoms with Crippen molar-refractivity contribution in [2.75, 3.05) is 38.5 Å². The van der Waals surface area contributed by atoms with Gasteiger partial charge in [-0.25, -0.2) is 0 Å². The molecule has 15 heavy (non-hydrogen) atoms. The van der Waals surface area contributed by atoms with Crippen molar-refractivity contribution in [3.63, 3.8) is 0 Å². The second kappa shape index (κ2) is 4.34. The van der Waals surface area contributed by atoms with E-state index in [-0.39, 0.29) is 0 Å². The van der Waals surface area contributed by atoms with Crippen molar-refractivity contribution in [3.8, 4) is 0 Å². The fraction of sp³-hybridized carbons (Fsp3) is 0.909. The van der Waals surface area contributed by atoms with Gasteiger partial charge in [-0.2, -0.15) is 0 Å². The Hall–Kier alpha value is -0.220. The van der Waals surface area contributed by atoms with Crippen molar-refractivity contribution in [2.45, 2.75) is 26.3 Å². The standard InChI is InChI=1S/C11H21N3S/c1-11(2,3)14-7-5-13(6-8-14)10-12-4-9-15-10/h4-9H2,1-3H3. The van der Waals surface area contributed by atoms with Gasteiger partial charge in [-0.1, -0.05) is 11.8 Å². The smallest absolute Gasteiger partial charge is 0.159 e. The van der Waals surface area contributed by atoms with Crippen LogP contribution in [0.15, 0.2) is 4.99 Å². The molecule has 2 rings (SSSR count). The maximum absolute atomic E-state index is 4.53. The van der Waals surface area contributed by atoms with Crippen LogP contribution < -0.4 is 0 Å². The van der Waals surface area contributed by atoms with Crippen LogP contribution in [0.5, 0.6) is 0 Å². The molecular formula is C11H21N3S. The number of hydrogen-bond acceptors (Lipinski definition) is 4. The second-order valence-corrected chi connectivity index (χ2v) is 6.22. The van der Waals surface area contributed by atoms with E-state index in [1.54, 1.807) is 0 Å². The number of hydrogen-bond donors (Lipinski definition) is 0. The highest BCUT2D eigenvalue weighted by atomic mass is 32.2. The minimum absolute atomic E-state index is 0.316. The molecule has 0 atom stereocenters. The molecule has 0 aromatic carbocycles. The molecule has 2 aliphatic rings. The third-order valence-corrected chi connectivity index (χ3v) is 4.10. The first kappa shape index (κ1) is 11.3. The highest BCUT2D eigenvalue weighted by molar-refractivity contribution is 8.14. The first-order valence-corrected chi connectivity index (χ1v) is 6.73. The van der Waals surface area contributed by atoms with Gasteiger partial charge in [-0.05, 0) is 20.8 Å². The Kier molecular flexibility index (Phi) is 3.26. The van der Waals surface area contributed by atoms with Crippen LogP contribution in [0, 0.1) is 0 Å². The summed E-state index contributed by atoms with van der Waals surface area (Å²) in [5.74, 6) is 1.18. The summed E-state index contributed by atoms with van der Waals surface area (Å²) in [7, 11) is 0. The number of thioether (sulfide) groups is 1. The fourth-order valence-electron chi connectivity index (χ4n) is 2.08. The van der Waals surface area contributed by atoms with E-state index in [4.69, 9.17) is 0 Å². The van der Waals surface area contributed by atoms with Gasteiger partial charge in [0.15, 0.2) is 5.17 Å². The molecule has 0 spiro atoms. The third-order valence-electron chi connectivity index (χ3n) is 3.07. The maximum Gasteiger partial charge on any atom is 0.159 e. The Labute approximate surface area is 96.9 Å². The van der Waals surface area contributed by atoms with E-state index in [0.29, 0.717) is 5.54 Å². The van der Waals surface area contributed by atoms with E-state index >= 15 is 0 Å². The number of nitrogens with zero attached hydrogens (tertiary/aromatic N) is 3. The van der Waals surface area contributed by atoms with Gasteiger partial charge in [-0.15, -0.1) is 0 Å². The molecule has 0 saturated carbocycles. The SMILES string of the molecule is CC(C)(C)N1CCN(C2=NCCS2)CC1. The lowest BCUT2D eigenvalue weighted by molar-refractivity contribution is 0.0894. The molecular weight excluding hydrogens is 206 g/mol. The molecule has 2 aliphatic heterocycles. The van der Waals surface area contributed by atoms with Crippen molar-refractivity contribution in [1.29, 1.82) is 0 Å². The molecule has 1 fully saturated rings. The van der Waals surface area contributed by atoms with E-state index in [0.717, 1.165) is 19.6 Å². The monoisotopic (exact) mass is 227 g/mol. The molecule has 0 radical (unpaired) electrons. The maximum atomic E-state index is 4.53. The van der Waals surface area contributed by atoms with Crippen molar-refractivity contribution in [3.05, 3.63) is 0 Å². The quantitative estimate of drug-likeness (QED) is 0.625. The predicted molar refractivity (Wildman–Crippen MR) is 67.7 cm³/mol. The molecule has 0 amide bonds. The molecule has 0 aromatic rings. The van der Waals surface area contributed by atoms with E-state index in [1.807, 2.05) is 11.8 Å². The van der Waals surface area contributed by atoms with Crippen LogP contribution in [0.3, 0.4) is 0 Å². The fourth-order valence-corrected chi connectivity index (χ4v) is 3.00. The minimum Gasteiger partial charge on any atom is -0.349 e. The van der Waals surface area contributed by atoms with Gasteiger partial charge in [-0.3, -0.25) is 9.89 Å². The number of amidine groups is 1. The molecule has 0 bridgehead atoms. The van der Waals surface area contributed by atoms with Gasteiger partial charge in [0.25, 0.3) is 0 Å². The normalized spacial score (nSPS) is 24.5. The zero-order valence-corrected chi connectivity index (χ0v) is 10.8. The van der Waals surface area contributed by atoms with E-state index in [9.17, 15) is 0 Å². The Morgan fingerprint density at radius 3 is 2.27 bits per heavy atom. The second-order valence-electron chi connectivity index (χ2n) is 5.16. The lowest BCUT2D eigenvalue weighted by Crippen LogP contribution is -2.54. The van der Waals surface area contributed by atoms with Gasteiger partial charge in [0, 0.05) is 37.5 Å². The Bertz CT molecular complexity index is 249. The largest absolute Gasteiger partial charge is 0.349 e. The molecule has 2 heterocycles. The Morgan fingerprint density at radius 1 is 1.13 bits per heavy atom. The highest BCUT2D eigenvalue weighted by Gasteiger charge is 2.27. The summed E-state index contributed by atoms with van der Waals surface area (Å²) in [6, 6.07) is 0. The number of rotatable bonds is 0. The summed E-state index contributed by atoms with van der Waals surface area (Å²) in [6.07, 6.45) is 0. The van der Waals surface area contributed by atoms with Crippen LogP contribution in [0.1, 0.15) is 20.8 Å². The zero-order chi connectivity index (χ0) is 10.9. The Morgan fingerprint density at radius 2 is 1.80 bits per heavy atom. The predicted octanol–water partition coefficient (Wildman–Crippen LogP) is 1.51. The van der Waals surface area contributed by atoms with E-state index < -0.39 is 0 Å². The van der Waals surface area contributed by atoms with Crippen LogP contribution in [0.25, 0.3) is 0 Å². The van der Waals surface area contributed by atoms with Crippen LogP contribution >= 0.6 is 11.8 Å². The average Bonchev–Trinajstić information content (AvgIpc) is 2.69. The molecule has 86 valence electrons. The van der Waals surface area contributed by atoms with Gasteiger partial charge in [0.05, 0.1) is 6.54 Å². The Balaban J connectivity index is 1.87. The van der Waals surface area contributed by atoms with Crippen LogP contribution in [-0.4, -0.2) is 59.0 Å². The van der Waals surface area contributed by atoms with Crippen molar-refractivity contribution < 1.29 is 0 Å². The lowest BCUT2D eigenvalue weighted by Gasteiger charge is -2.42. The van der Waals surface area contributed by atoms with Gasteiger partial charge in [0.2, 0.25) is 0 Å². The molecule has 0 N–H and O–H groups in total. The summed E-state index contributed by atoms with van der Waals surface area (Å²) >= 11 is 1.92. The zero-order valence-electron chi connectivity index (χ0n) is 9.99. The average molecular weight is 227 g/mol. The highest BCUT2D eigenvalue weighted by Crippen LogP contribution is 2.20. The topological polar surface area (TPSA) is 18.8 Å². The van der Waals surface area contributed by atoms with E-state index in [2.05, 4.69) is 35.6 Å². The minimum atomic E-state index is 0.316. The van der Waals surface area contributed by atoms with Gasteiger partial charge in [0.1, 0.15) is 0 Å². The first-order chi connectivity index (χ1) is 7.07. The first-order valence-electron chi connectivity index (χ1n) is 5.74.